The van der Waals surface area contributed by atoms with Gasteiger partial charge in [-0.05, 0) is 42.3 Å². The Labute approximate surface area is 147 Å². The van der Waals surface area contributed by atoms with Gasteiger partial charge in [-0.2, -0.15) is 0 Å². The second-order valence-electron chi connectivity index (χ2n) is 6.04. The lowest BCUT2D eigenvalue weighted by atomic mass is 10.1. The van der Waals surface area contributed by atoms with Crippen LogP contribution in [0.15, 0.2) is 41.8 Å². The van der Waals surface area contributed by atoms with Crippen molar-refractivity contribution in [3.05, 3.63) is 52.2 Å². The van der Waals surface area contributed by atoms with Crippen molar-refractivity contribution in [2.45, 2.75) is 38.8 Å². The van der Waals surface area contributed by atoms with E-state index in [9.17, 15) is 4.79 Å². The first kappa shape index (κ1) is 17.0. The van der Waals surface area contributed by atoms with Crippen LogP contribution in [0.1, 0.15) is 30.2 Å². The number of hydrogen-bond acceptors (Lipinski definition) is 3. The zero-order chi connectivity index (χ0) is 16.8. The number of ether oxygens (including phenoxy) is 1. The summed E-state index contributed by atoms with van der Waals surface area (Å²) < 4.78 is 5.73. The SMILES string of the molecule is CCc1ccccc1NC(=O)N(Cc1cccs1)C[C@H]1CCCO1. The molecule has 24 heavy (non-hydrogen) atoms. The van der Waals surface area contributed by atoms with E-state index < -0.39 is 0 Å². The highest BCUT2D eigenvalue weighted by atomic mass is 32.1. The molecule has 1 fully saturated rings. The summed E-state index contributed by atoms with van der Waals surface area (Å²) in [4.78, 5) is 15.9. The van der Waals surface area contributed by atoms with E-state index in [0.717, 1.165) is 37.1 Å². The largest absolute Gasteiger partial charge is 0.376 e. The lowest BCUT2D eigenvalue weighted by Gasteiger charge is -2.26. The van der Waals surface area contributed by atoms with E-state index in [4.69, 9.17) is 4.74 Å². The molecule has 2 heterocycles. The Balaban J connectivity index is 1.71. The fourth-order valence-corrected chi connectivity index (χ4v) is 3.71. The van der Waals surface area contributed by atoms with Gasteiger partial charge in [0.2, 0.25) is 0 Å². The van der Waals surface area contributed by atoms with Gasteiger partial charge in [0.25, 0.3) is 0 Å². The summed E-state index contributed by atoms with van der Waals surface area (Å²) in [6, 6.07) is 12.0. The summed E-state index contributed by atoms with van der Waals surface area (Å²) in [7, 11) is 0. The summed E-state index contributed by atoms with van der Waals surface area (Å²) >= 11 is 1.68. The van der Waals surface area contributed by atoms with Crippen molar-refractivity contribution in [3.8, 4) is 0 Å². The Kier molecular flexibility index (Phi) is 5.88. The minimum Gasteiger partial charge on any atom is -0.376 e. The van der Waals surface area contributed by atoms with Crippen molar-refractivity contribution in [2.24, 2.45) is 0 Å². The molecule has 1 aromatic carbocycles. The molecule has 1 aliphatic heterocycles. The normalized spacial score (nSPS) is 17.0. The predicted molar refractivity (Wildman–Crippen MR) is 98.5 cm³/mol. The number of benzene rings is 1. The third-order valence-electron chi connectivity index (χ3n) is 4.30. The molecule has 0 spiro atoms. The molecule has 128 valence electrons. The minimum atomic E-state index is -0.0557. The van der Waals surface area contributed by atoms with E-state index in [0.29, 0.717) is 13.1 Å². The smallest absolute Gasteiger partial charge is 0.322 e. The Hall–Kier alpha value is -1.85. The van der Waals surface area contributed by atoms with Gasteiger partial charge in [-0.25, -0.2) is 4.79 Å². The van der Waals surface area contributed by atoms with Gasteiger partial charge in [0.05, 0.1) is 12.6 Å². The van der Waals surface area contributed by atoms with Crippen LogP contribution in [0.3, 0.4) is 0 Å². The number of rotatable bonds is 6. The number of nitrogens with one attached hydrogen (secondary N) is 1. The number of hydrogen-bond donors (Lipinski definition) is 1. The number of urea groups is 1. The molecular weight excluding hydrogens is 320 g/mol. The first-order valence-corrected chi connectivity index (χ1v) is 9.42. The van der Waals surface area contributed by atoms with Gasteiger partial charge in [0.15, 0.2) is 0 Å². The average molecular weight is 344 g/mol. The molecule has 1 aromatic heterocycles. The molecule has 0 bridgehead atoms. The molecule has 3 rings (SSSR count). The third-order valence-corrected chi connectivity index (χ3v) is 5.16. The Bertz CT molecular complexity index is 651. The summed E-state index contributed by atoms with van der Waals surface area (Å²) in [6.07, 6.45) is 3.15. The van der Waals surface area contributed by atoms with E-state index >= 15 is 0 Å². The summed E-state index contributed by atoms with van der Waals surface area (Å²) in [5.74, 6) is 0. The zero-order valence-corrected chi connectivity index (χ0v) is 14.8. The molecule has 0 saturated carbocycles. The lowest BCUT2D eigenvalue weighted by Crippen LogP contribution is -2.39. The third kappa shape index (κ3) is 4.36. The van der Waals surface area contributed by atoms with Gasteiger partial charge in [-0.3, -0.25) is 0 Å². The second kappa shape index (κ2) is 8.31. The highest BCUT2D eigenvalue weighted by Crippen LogP contribution is 2.20. The van der Waals surface area contributed by atoms with Gasteiger partial charge < -0.3 is 15.0 Å². The van der Waals surface area contributed by atoms with Gasteiger partial charge in [0.1, 0.15) is 0 Å². The van der Waals surface area contributed by atoms with Crippen LogP contribution in [0.2, 0.25) is 0 Å². The first-order valence-electron chi connectivity index (χ1n) is 8.54. The highest BCUT2D eigenvalue weighted by molar-refractivity contribution is 7.09. The fraction of sp³-hybridized carbons (Fsp3) is 0.421. The number of nitrogens with zero attached hydrogens (tertiary/aromatic N) is 1. The lowest BCUT2D eigenvalue weighted by molar-refractivity contribution is 0.0821. The highest BCUT2D eigenvalue weighted by Gasteiger charge is 2.23. The molecule has 2 amide bonds. The Morgan fingerprint density at radius 1 is 1.33 bits per heavy atom. The monoisotopic (exact) mass is 344 g/mol. The molecule has 1 atom stereocenters. The first-order chi connectivity index (χ1) is 11.8. The van der Waals surface area contributed by atoms with Crippen molar-refractivity contribution in [1.29, 1.82) is 0 Å². The molecule has 2 aromatic rings. The van der Waals surface area contributed by atoms with Crippen LogP contribution < -0.4 is 5.32 Å². The van der Waals surface area contributed by atoms with E-state index in [-0.39, 0.29) is 12.1 Å². The maximum atomic E-state index is 12.9. The number of anilines is 1. The molecule has 0 radical (unpaired) electrons. The van der Waals surface area contributed by atoms with Gasteiger partial charge in [-0.15, -0.1) is 11.3 Å². The number of carbonyl (C=O) groups excluding carboxylic acids is 1. The van der Waals surface area contributed by atoms with Gasteiger partial charge in [0, 0.05) is 23.7 Å². The molecule has 0 unspecified atom stereocenters. The average Bonchev–Trinajstić information content (AvgIpc) is 3.28. The van der Waals surface area contributed by atoms with Crippen molar-refractivity contribution in [2.75, 3.05) is 18.5 Å². The van der Waals surface area contributed by atoms with Crippen LogP contribution in [0, 0.1) is 0 Å². The second-order valence-corrected chi connectivity index (χ2v) is 7.07. The molecule has 4 nitrogen and oxygen atoms in total. The minimum absolute atomic E-state index is 0.0557. The van der Waals surface area contributed by atoms with Crippen LogP contribution in [0.5, 0.6) is 0 Å². The van der Waals surface area contributed by atoms with Crippen LogP contribution in [-0.2, 0) is 17.7 Å². The van der Waals surface area contributed by atoms with E-state index in [1.165, 1.54) is 4.88 Å². The number of carbonyl (C=O) groups is 1. The number of amides is 2. The standard InChI is InChI=1S/C19H24N2O2S/c1-2-15-7-3-4-10-18(15)20-19(22)21(13-16-8-5-11-23-16)14-17-9-6-12-24-17/h3-4,6-7,9-10,12,16H,2,5,8,11,13-14H2,1H3,(H,20,22)/t16-/m1/s1. The van der Waals surface area contributed by atoms with Gasteiger partial charge in [-0.1, -0.05) is 31.2 Å². The summed E-state index contributed by atoms with van der Waals surface area (Å²) in [6.45, 7) is 4.16. The molecular formula is C19H24N2O2S. The maximum Gasteiger partial charge on any atom is 0.322 e. The van der Waals surface area contributed by atoms with E-state index in [1.54, 1.807) is 11.3 Å². The zero-order valence-electron chi connectivity index (χ0n) is 14.0. The molecule has 1 saturated heterocycles. The summed E-state index contributed by atoms with van der Waals surface area (Å²) in [5.41, 5.74) is 2.05. The van der Waals surface area contributed by atoms with Crippen LogP contribution in [0.25, 0.3) is 0 Å². The Morgan fingerprint density at radius 2 is 2.21 bits per heavy atom. The van der Waals surface area contributed by atoms with Crippen LogP contribution in [0.4, 0.5) is 10.5 Å². The quantitative estimate of drug-likeness (QED) is 0.837. The van der Waals surface area contributed by atoms with Crippen LogP contribution >= 0.6 is 11.3 Å². The predicted octanol–water partition coefficient (Wildman–Crippen LogP) is 4.52. The van der Waals surface area contributed by atoms with Crippen molar-refractivity contribution in [1.82, 2.24) is 4.90 Å². The van der Waals surface area contributed by atoms with Gasteiger partial charge >= 0.3 is 6.03 Å². The van der Waals surface area contributed by atoms with Crippen molar-refractivity contribution >= 4 is 23.1 Å². The number of thiophene rings is 1. The number of para-hydroxylation sites is 1. The number of aryl methyl sites for hydroxylation is 1. The molecule has 1 aliphatic rings. The van der Waals surface area contributed by atoms with Crippen molar-refractivity contribution < 1.29 is 9.53 Å². The Morgan fingerprint density at radius 3 is 2.92 bits per heavy atom. The van der Waals surface area contributed by atoms with Crippen LogP contribution in [-0.4, -0.2) is 30.2 Å². The van der Waals surface area contributed by atoms with Crippen molar-refractivity contribution in [3.63, 3.8) is 0 Å². The van der Waals surface area contributed by atoms with E-state index in [1.807, 2.05) is 34.5 Å². The maximum absolute atomic E-state index is 12.9. The molecule has 0 aliphatic carbocycles. The van der Waals surface area contributed by atoms with E-state index in [2.05, 4.69) is 24.4 Å². The molecule has 1 N–H and O–H groups in total. The topological polar surface area (TPSA) is 41.6 Å². The summed E-state index contributed by atoms with van der Waals surface area (Å²) in [5, 5.41) is 5.13. The fourth-order valence-electron chi connectivity index (χ4n) is 2.99. The molecule has 5 heteroatoms.